The van der Waals surface area contributed by atoms with Crippen molar-refractivity contribution in [3.05, 3.63) is 58.9 Å². The number of hydrogen-bond acceptors (Lipinski definition) is 5. The van der Waals surface area contributed by atoms with E-state index in [1.165, 1.54) is 0 Å². The van der Waals surface area contributed by atoms with Crippen molar-refractivity contribution < 1.29 is 12.8 Å². The third kappa shape index (κ3) is 4.08. The van der Waals surface area contributed by atoms with Crippen LogP contribution in [-0.4, -0.2) is 18.6 Å². The van der Waals surface area contributed by atoms with E-state index in [1.807, 2.05) is 38.1 Å². The van der Waals surface area contributed by atoms with Crippen molar-refractivity contribution in [1.29, 1.82) is 0 Å². The number of anilines is 1. The molecule has 1 heterocycles. The molecule has 3 rings (SSSR count). The number of sulfonamides is 1. The van der Waals surface area contributed by atoms with Gasteiger partial charge in [0.25, 0.3) is 10.0 Å². The zero-order valence-electron chi connectivity index (χ0n) is 13.6. The van der Waals surface area contributed by atoms with Crippen LogP contribution in [0.15, 0.2) is 62.3 Å². The molecule has 8 heteroatoms. The molecule has 3 aromatic rings. The molecule has 2 aromatic carbocycles. The molecule has 1 aromatic heterocycles. The summed E-state index contributed by atoms with van der Waals surface area (Å²) in [7, 11) is -3.79. The molecule has 0 spiro atoms. The van der Waals surface area contributed by atoms with Crippen molar-refractivity contribution in [2.75, 3.05) is 4.72 Å². The normalized spacial score (nSPS) is 11.7. The van der Waals surface area contributed by atoms with E-state index < -0.39 is 10.0 Å². The largest absolute Gasteiger partial charge is 0.407 e. The summed E-state index contributed by atoms with van der Waals surface area (Å²) in [5, 5.41) is 7.52. The smallest absolute Gasteiger partial charge is 0.329 e. The Labute approximate surface area is 154 Å². The molecule has 0 amide bonds. The fourth-order valence-electron chi connectivity index (χ4n) is 2.15. The first-order valence-corrected chi connectivity index (χ1v) is 9.85. The van der Waals surface area contributed by atoms with Gasteiger partial charge >= 0.3 is 6.01 Å². The van der Waals surface area contributed by atoms with Crippen LogP contribution in [-0.2, 0) is 10.0 Å². The SMILES string of the molecule is CC(C)c1nnc(NS(=O)(=O)c2ccc(-c3ccc(Br)cc3)cc2)o1. The van der Waals surface area contributed by atoms with Gasteiger partial charge in [0.05, 0.1) is 4.90 Å². The monoisotopic (exact) mass is 421 g/mol. The Morgan fingerprint density at radius 3 is 2.04 bits per heavy atom. The van der Waals surface area contributed by atoms with Crippen molar-refractivity contribution in [2.45, 2.75) is 24.7 Å². The maximum atomic E-state index is 12.4. The molecular weight excluding hydrogens is 406 g/mol. The van der Waals surface area contributed by atoms with Gasteiger partial charge in [-0.05, 0) is 35.4 Å². The molecule has 25 heavy (non-hydrogen) atoms. The topological polar surface area (TPSA) is 85.1 Å². The van der Waals surface area contributed by atoms with Crippen molar-refractivity contribution in [3.63, 3.8) is 0 Å². The predicted molar refractivity (Wildman–Crippen MR) is 98.8 cm³/mol. The van der Waals surface area contributed by atoms with Gasteiger partial charge in [-0.15, -0.1) is 5.10 Å². The quantitative estimate of drug-likeness (QED) is 0.658. The first-order chi connectivity index (χ1) is 11.8. The van der Waals surface area contributed by atoms with Crippen LogP contribution in [0.5, 0.6) is 0 Å². The molecular formula is C17H16BrN3O3S. The minimum absolute atomic E-state index is 0.0240. The minimum Gasteiger partial charge on any atom is -0.407 e. The lowest BCUT2D eigenvalue weighted by molar-refractivity contribution is 0.483. The summed E-state index contributed by atoms with van der Waals surface area (Å²) < 4.78 is 33.4. The van der Waals surface area contributed by atoms with E-state index >= 15 is 0 Å². The first-order valence-electron chi connectivity index (χ1n) is 7.57. The number of aromatic nitrogens is 2. The van der Waals surface area contributed by atoms with E-state index in [4.69, 9.17) is 4.42 Å². The Morgan fingerprint density at radius 1 is 0.960 bits per heavy atom. The van der Waals surface area contributed by atoms with Gasteiger partial charge in [0.15, 0.2) is 0 Å². The van der Waals surface area contributed by atoms with Gasteiger partial charge in [-0.25, -0.2) is 13.1 Å². The second-order valence-electron chi connectivity index (χ2n) is 5.74. The van der Waals surface area contributed by atoms with Gasteiger partial charge in [-0.2, -0.15) is 0 Å². The van der Waals surface area contributed by atoms with Crippen molar-refractivity contribution in [2.24, 2.45) is 0 Å². The van der Waals surface area contributed by atoms with Gasteiger partial charge < -0.3 is 4.42 Å². The highest BCUT2D eigenvalue weighted by atomic mass is 79.9. The van der Waals surface area contributed by atoms with E-state index in [2.05, 4.69) is 30.8 Å². The van der Waals surface area contributed by atoms with Crippen LogP contribution in [0, 0.1) is 0 Å². The van der Waals surface area contributed by atoms with Crippen LogP contribution < -0.4 is 4.72 Å². The third-order valence-electron chi connectivity index (χ3n) is 3.50. The average Bonchev–Trinajstić information content (AvgIpc) is 3.04. The third-order valence-corrected chi connectivity index (χ3v) is 5.36. The molecule has 0 aliphatic rings. The van der Waals surface area contributed by atoms with Crippen LogP contribution in [0.2, 0.25) is 0 Å². The summed E-state index contributed by atoms with van der Waals surface area (Å²) in [5.41, 5.74) is 1.92. The summed E-state index contributed by atoms with van der Waals surface area (Å²) >= 11 is 3.39. The van der Waals surface area contributed by atoms with Crippen LogP contribution in [0.1, 0.15) is 25.7 Å². The average molecular weight is 422 g/mol. The Balaban J connectivity index is 1.81. The molecule has 0 radical (unpaired) electrons. The van der Waals surface area contributed by atoms with Gasteiger partial charge in [0, 0.05) is 10.4 Å². The fraction of sp³-hybridized carbons (Fsp3) is 0.176. The minimum atomic E-state index is -3.79. The summed E-state index contributed by atoms with van der Waals surface area (Å²) in [6, 6.07) is 14.2. The highest BCUT2D eigenvalue weighted by molar-refractivity contribution is 9.10. The number of rotatable bonds is 5. The van der Waals surface area contributed by atoms with Gasteiger partial charge in [-0.3, -0.25) is 0 Å². The summed E-state index contributed by atoms with van der Waals surface area (Å²) in [6.07, 6.45) is 0. The highest BCUT2D eigenvalue weighted by Gasteiger charge is 2.18. The van der Waals surface area contributed by atoms with Crippen LogP contribution >= 0.6 is 15.9 Å². The molecule has 0 atom stereocenters. The van der Waals surface area contributed by atoms with Crippen molar-refractivity contribution in [1.82, 2.24) is 10.2 Å². The number of hydrogen-bond donors (Lipinski definition) is 1. The molecule has 1 N–H and O–H groups in total. The maximum absolute atomic E-state index is 12.4. The van der Waals surface area contributed by atoms with Crippen molar-refractivity contribution >= 4 is 32.0 Å². The molecule has 0 unspecified atom stereocenters. The number of halogens is 1. The van der Waals surface area contributed by atoms with E-state index in [0.29, 0.717) is 5.89 Å². The molecule has 0 saturated heterocycles. The molecule has 0 fully saturated rings. The van der Waals surface area contributed by atoms with Gasteiger partial charge in [0.1, 0.15) is 0 Å². The number of nitrogens with zero attached hydrogens (tertiary/aromatic N) is 2. The Bertz CT molecular complexity index is 965. The number of nitrogens with one attached hydrogen (secondary N) is 1. The van der Waals surface area contributed by atoms with Gasteiger partial charge in [-0.1, -0.05) is 59.1 Å². The molecule has 0 saturated carbocycles. The second-order valence-corrected chi connectivity index (χ2v) is 8.33. The lowest BCUT2D eigenvalue weighted by atomic mass is 10.1. The molecule has 6 nitrogen and oxygen atoms in total. The van der Waals surface area contributed by atoms with E-state index in [0.717, 1.165) is 15.6 Å². The number of benzene rings is 2. The maximum Gasteiger partial charge on any atom is 0.329 e. The fourth-order valence-corrected chi connectivity index (χ4v) is 3.34. The van der Waals surface area contributed by atoms with E-state index in [9.17, 15) is 8.42 Å². The van der Waals surface area contributed by atoms with Crippen LogP contribution in [0.3, 0.4) is 0 Å². The van der Waals surface area contributed by atoms with Crippen LogP contribution in [0.4, 0.5) is 6.01 Å². The summed E-state index contributed by atoms with van der Waals surface area (Å²) in [4.78, 5) is 0.123. The zero-order valence-corrected chi connectivity index (χ0v) is 16.0. The zero-order chi connectivity index (χ0) is 18.0. The summed E-state index contributed by atoms with van der Waals surface area (Å²) in [6.45, 7) is 3.76. The second kappa shape index (κ2) is 6.97. The van der Waals surface area contributed by atoms with Crippen LogP contribution in [0.25, 0.3) is 11.1 Å². The molecule has 130 valence electrons. The standard InChI is InChI=1S/C17H16BrN3O3S/c1-11(2)16-19-20-17(24-16)21-25(22,23)15-9-5-13(6-10-15)12-3-7-14(18)8-4-12/h3-11H,1-2H3,(H,20,21). The lowest BCUT2D eigenvalue weighted by Crippen LogP contribution is -2.13. The summed E-state index contributed by atoms with van der Waals surface area (Å²) in [5.74, 6) is 0.402. The Kier molecular flexibility index (Phi) is 4.91. The molecule has 0 aliphatic heterocycles. The molecule has 0 aliphatic carbocycles. The highest BCUT2D eigenvalue weighted by Crippen LogP contribution is 2.24. The molecule has 0 bridgehead atoms. The van der Waals surface area contributed by atoms with Gasteiger partial charge in [0.2, 0.25) is 5.89 Å². The first kappa shape index (κ1) is 17.6. The van der Waals surface area contributed by atoms with E-state index in [-0.39, 0.29) is 16.8 Å². The van der Waals surface area contributed by atoms with Crippen molar-refractivity contribution in [3.8, 4) is 11.1 Å². The Morgan fingerprint density at radius 2 is 1.52 bits per heavy atom. The predicted octanol–water partition coefficient (Wildman–Crippen LogP) is 4.42. The lowest BCUT2D eigenvalue weighted by Gasteiger charge is -2.06. The van der Waals surface area contributed by atoms with E-state index in [1.54, 1.807) is 24.3 Å². The Hall–Kier alpha value is -2.19.